The summed E-state index contributed by atoms with van der Waals surface area (Å²) < 4.78 is 29.3. The number of carbonyl (C=O) groups excluding carboxylic acids is 1. The molecule has 0 fully saturated rings. The third-order valence-electron chi connectivity index (χ3n) is 5.80. The van der Waals surface area contributed by atoms with Crippen LogP contribution in [0.15, 0.2) is 66.7 Å². The highest BCUT2D eigenvalue weighted by atomic mass is 19.2. The minimum absolute atomic E-state index is 0.0307. The third-order valence-corrected chi connectivity index (χ3v) is 5.80. The predicted molar refractivity (Wildman–Crippen MR) is 130 cm³/mol. The van der Waals surface area contributed by atoms with E-state index < -0.39 is 23.6 Å². The molecule has 0 aliphatic rings. The van der Waals surface area contributed by atoms with E-state index in [0.717, 1.165) is 35.5 Å². The van der Waals surface area contributed by atoms with Crippen molar-refractivity contribution in [2.45, 2.75) is 39.0 Å². The van der Waals surface area contributed by atoms with Crippen molar-refractivity contribution in [2.75, 3.05) is 11.5 Å². The number of benzene rings is 3. The van der Waals surface area contributed by atoms with E-state index in [1.807, 2.05) is 47.9 Å². The summed E-state index contributed by atoms with van der Waals surface area (Å²) in [6.45, 7) is 2.08. The number of hydrogen-bond acceptors (Lipinski definition) is 4. The van der Waals surface area contributed by atoms with Crippen LogP contribution in [0.2, 0.25) is 0 Å². The maximum absolute atomic E-state index is 13.9. The van der Waals surface area contributed by atoms with Crippen molar-refractivity contribution in [3.8, 4) is 0 Å². The first kappa shape index (κ1) is 24.5. The summed E-state index contributed by atoms with van der Waals surface area (Å²) in [5.74, 6) is -1.81. The van der Waals surface area contributed by atoms with Gasteiger partial charge in [0.15, 0.2) is 11.6 Å². The highest BCUT2D eigenvalue weighted by Gasteiger charge is 2.22. The Balaban J connectivity index is 1.78. The van der Waals surface area contributed by atoms with Gasteiger partial charge in [0, 0.05) is 17.7 Å². The maximum atomic E-state index is 13.9. The molecule has 1 aromatic heterocycles. The number of amides is 1. The predicted octanol–water partition coefficient (Wildman–Crippen LogP) is 4.47. The fourth-order valence-electron chi connectivity index (χ4n) is 4.05. The topological polar surface area (TPSA) is 78.6 Å². The Morgan fingerprint density at radius 3 is 2.51 bits per heavy atom. The van der Waals surface area contributed by atoms with Crippen LogP contribution in [0.1, 0.15) is 35.1 Å². The Morgan fingerprint density at radius 2 is 1.83 bits per heavy atom. The second kappa shape index (κ2) is 10.8. The first-order valence-corrected chi connectivity index (χ1v) is 11.5. The zero-order chi connectivity index (χ0) is 24.9. The molecule has 182 valence electrons. The van der Waals surface area contributed by atoms with Gasteiger partial charge >= 0.3 is 0 Å². The maximum Gasteiger partial charge on any atom is 0.258 e. The van der Waals surface area contributed by atoms with Crippen LogP contribution in [0.5, 0.6) is 0 Å². The van der Waals surface area contributed by atoms with Crippen molar-refractivity contribution in [1.82, 2.24) is 9.55 Å². The third kappa shape index (κ3) is 5.39. The van der Waals surface area contributed by atoms with Gasteiger partial charge in [0.2, 0.25) is 0 Å². The number of fused-ring (bicyclic) bond motifs is 1. The molecular formula is C27H27F2N3O3. The molecule has 4 rings (SSSR count). The van der Waals surface area contributed by atoms with E-state index >= 15 is 0 Å². The Morgan fingerprint density at radius 1 is 1.06 bits per heavy atom. The average molecular weight is 480 g/mol. The molecule has 3 aromatic carbocycles. The van der Waals surface area contributed by atoms with E-state index in [1.165, 1.54) is 11.0 Å². The lowest BCUT2D eigenvalue weighted by molar-refractivity contribution is 0.0814. The minimum atomic E-state index is -1.09. The normalized spacial score (nSPS) is 12.1. The average Bonchev–Trinajstić information content (AvgIpc) is 3.20. The van der Waals surface area contributed by atoms with Crippen molar-refractivity contribution >= 4 is 22.6 Å². The van der Waals surface area contributed by atoms with Gasteiger partial charge in [-0.15, -0.1) is 0 Å². The fourth-order valence-corrected chi connectivity index (χ4v) is 4.05. The number of anilines is 1. The highest BCUT2D eigenvalue weighted by molar-refractivity contribution is 6.06. The molecule has 1 amide bonds. The molecule has 0 aliphatic heterocycles. The summed E-state index contributed by atoms with van der Waals surface area (Å²) in [5.41, 5.74) is 2.85. The van der Waals surface area contributed by atoms with Gasteiger partial charge in [-0.05, 0) is 48.4 Å². The molecule has 1 atom stereocenters. The molecule has 1 heterocycles. The van der Waals surface area contributed by atoms with Crippen molar-refractivity contribution in [1.29, 1.82) is 0 Å². The zero-order valence-electron chi connectivity index (χ0n) is 19.4. The molecule has 0 spiro atoms. The number of aliphatic hydroxyl groups is 2. The molecular weight excluding hydrogens is 452 g/mol. The number of halogens is 2. The smallest absolute Gasteiger partial charge is 0.258 e. The quantitative estimate of drug-likeness (QED) is 0.371. The van der Waals surface area contributed by atoms with Gasteiger partial charge in [0.05, 0.1) is 36.8 Å². The number of hydrogen-bond donors (Lipinski definition) is 2. The molecule has 8 heteroatoms. The number of imidazole rings is 1. The molecule has 0 bridgehead atoms. The van der Waals surface area contributed by atoms with Gasteiger partial charge in [-0.2, -0.15) is 0 Å². The second-order valence-electron chi connectivity index (χ2n) is 8.40. The Kier molecular flexibility index (Phi) is 7.53. The second-order valence-corrected chi connectivity index (χ2v) is 8.40. The SMILES string of the molecule is CCCc1nc2cc(N(Cc3ccccc3)C(=O)c3ccc(F)c(F)c3)ccc2n1CC(O)CO. The van der Waals surface area contributed by atoms with E-state index in [9.17, 15) is 23.8 Å². The van der Waals surface area contributed by atoms with E-state index in [-0.39, 0.29) is 25.3 Å². The Labute approximate surface area is 202 Å². The highest BCUT2D eigenvalue weighted by Crippen LogP contribution is 2.27. The lowest BCUT2D eigenvalue weighted by Gasteiger charge is -2.23. The first-order chi connectivity index (χ1) is 16.9. The van der Waals surface area contributed by atoms with Gasteiger partial charge in [0.25, 0.3) is 5.91 Å². The molecule has 0 aliphatic carbocycles. The molecule has 35 heavy (non-hydrogen) atoms. The molecule has 0 saturated heterocycles. The lowest BCUT2D eigenvalue weighted by atomic mass is 10.1. The van der Waals surface area contributed by atoms with Gasteiger partial charge in [0.1, 0.15) is 5.82 Å². The summed E-state index contributed by atoms with van der Waals surface area (Å²) in [5, 5.41) is 19.3. The van der Waals surface area contributed by atoms with Crippen molar-refractivity contribution in [3.05, 3.63) is 95.3 Å². The Hall–Kier alpha value is -3.62. The molecule has 4 aromatic rings. The van der Waals surface area contributed by atoms with Crippen LogP contribution in [0, 0.1) is 11.6 Å². The number of aryl methyl sites for hydroxylation is 1. The number of aliphatic hydroxyl groups excluding tert-OH is 2. The van der Waals surface area contributed by atoms with Crippen LogP contribution in [0.3, 0.4) is 0 Å². The summed E-state index contributed by atoms with van der Waals surface area (Å²) in [4.78, 5) is 19.7. The number of aromatic nitrogens is 2. The monoisotopic (exact) mass is 479 g/mol. The molecule has 1 unspecified atom stereocenters. The fraction of sp³-hybridized carbons (Fsp3) is 0.259. The van der Waals surface area contributed by atoms with Gasteiger partial charge in [-0.1, -0.05) is 37.3 Å². The van der Waals surface area contributed by atoms with Crippen LogP contribution < -0.4 is 4.90 Å². The largest absolute Gasteiger partial charge is 0.394 e. The Bertz CT molecular complexity index is 1320. The summed E-state index contributed by atoms with van der Waals surface area (Å²) in [7, 11) is 0. The van der Waals surface area contributed by atoms with Gasteiger partial charge in [-0.3, -0.25) is 4.79 Å². The first-order valence-electron chi connectivity index (χ1n) is 11.5. The van der Waals surface area contributed by atoms with Crippen molar-refractivity contribution < 1.29 is 23.8 Å². The van der Waals surface area contributed by atoms with Crippen LogP contribution >= 0.6 is 0 Å². The van der Waals surface area contributed by atoms with Crippen molar-refractivity contribution in [2.24, 2.45) is 0 Å². The minimum Gasteiger partial charge on any atom is -0.394 e. The van der Waals surface area contributed by atoms with E-state index in [4.69, 9.17) is 4.98 Å². The number of nitrogens with zero attached hydrogens (tertiary/aromatic N) is 3. The van der Waals surface area contributed by atoms with Crippen LogP contribution in [-0.4, -0.2) is 38.4 Å². The van der Waals surface area contributed by atoms with Crippen molar-refractivity contribution in [3.63, 3.8) is 0 Å². The van der Waals surface area contributed by atoms with Crippen LogP contribution in [-0.2, 0) is 19.5 Å². The van der Waals surface area contributed by atoms with Crippen LogP contribution in [0.4, 0.5) is 14.5 Å². The van der Waals surface area contributed by atoms with E-state index in [1.54, 1.807) is 12.1 Å². The zero-order valence-corrected chi connectivity index (χ0v) is 19.4. The number of rotatable bonds is 9. The summed E-state index contributed by atoms with van der Waals surface area (Å²) >= 11 is 0. The van der Waals surface area contributed by atoms with Gasteiger partial charge in [-0.25, -0.2) is 13.8 Å². The summed E-state index contributed by atoms with van der Waals surface area (Å²) in [6, 6.07) is 17.8. The molecule has 0 radical (unpaired) electrons. The van der Waals surface area contributed by atoms with Gasteiger partial charge < -0.3 is 19.7 Å². The standard InChI is InChI=1S/C27H27F2N3O3/c1-2-6-26-30-24-14-20(10-12-25(24)32(26)16-21(34)17-33)31(15-18-7-4-3-5-8-18)27(35)19-9-11-22(28)23(29)13-19/h3-5,7-14,21,33-34H,2,6,15-17H2,1H3. The lowest BCUT2D eigenvalue weighted by Crippen LogP contribution is -2.30. The van der Waals surface area contributed by atoms with Crippen LogP contribution in [0.25, 0.3) is 11.0 Å². The van der Waals surface area contributed by atoms with E-state index in [0.29, 0.717) is 17.6 Å². The molecule has 6 nitrogen and oxygen atoms in total. The molecule has 0 saturated carbocycles. The summed E-state index contributed by atoms with van der Waals surface area (Å²) in [6.07, 6.45) is 0.608. The number of carbonyl (C=O) groups is 1. The van der Waals surface area contributed by atoms with E-state index in [2.05, 4.69) is 0 Å². The molecule has 2 N–H and O–H groups in total.